The van der Waals surface area contributed by atoms with Crippen molar-refractivity contribution in [2.75, 3.05) is 25.5 Å². The summed E-state index contributed by atoms with van der Waals surface area (Å²) in [5, 5.41) is 12.2. The van der Waals surface area contributed by atoms with Crippen LogP contribution < -0.4 is 5.32 Å². The number of rotatable bonds is 5. The van der Waals surface area contributed by atoms with Crippen molar-refractivity contribution in [2.24, 2.45) is 0 Å². The van der Waals surface area contributed by atoms with Crippen LogP contribution in [0.25, 0.3) is 0 Å². The summed E-state index contributed by atoms with van der Waals surface area (Å²) in [6, 6.07) is 6.61. The van der Waals surface area contributed by atoms with Crippen molar-refractivity contribution in [2.45, 2.75) is 38.3 Å². The molecule has 2 rings (SSSR count). The lowest BCUT2D eigenvalue weighted by atomic mass is 9.99. The lowest BCUT2D eigenvalue weighted by Gasteiger charge is -2.35. The van der Waals surface area contributed by atoms with Crippen molar-refractivity contribution in [3.8, 4) is 0 Å². The highest BCUT2D eigenvalue weighted by Crippen LogP contribution is 2.21. The van der Waals surface area contributed by atoms with Crippen LogP contribution in [0.5, 0.6) is 0 Å². The molecule has 0 bridgehead atoms. The highest BCUT2D eigenvalue weighted by Gasteiger charge is 2.22. The molecular formula is C14H23N3O. The second-order valence-corrected chi connectivity index (χ2v) is 4.90. The smallest absolute Gasteiger partial charge is 0.126 e. The van der Waals surface area contributed by atoms with E-state index in [1.807, 2.05) is 19.2 Å². The fourth-order valence-corrected chi connectivity index (χ4v) is 2.66. The number of pyridine rings is 1. The Bertz CT molecular complexity index is 368. The van der Waals surface area contributed by atoms with Gasteiger partial charge in [-0.15, -0.1) is 0 Å². The molecule has 2 N–H and O–H groups in total. The highest BCUT2D eigenvalue weighted by molar-refractivity contribution is 5.34. The number of piperidine rings is 1. The van der Waals surface area contributed by atoms with Gasteiger partial charge >= 0.3 is 0 Å². The van der Waals surface area contributed by atoms with Crippen molar-refractivity contribution >= 4 is 5.82 Å². The normalized spacial score (nSPS) is 20.9. The maximum absolute atomic E-state index is 9.13. The number of anilines is 1. The zero-order valence-electron chi connectivity index (χ0n) is 11.1. The predicted molar refractivity (Wildman–Crippen MR) is 73.5 cm³/mol. The van der Waals surface area contributed by atoms with Gasteiger partial charge < -0.3 is 10.4 Å². The molecule has 1 unspecified atom stereocenters. The van der Waals surface area contributed by atoms with Crippen LogP contribution >= 0.6 is 0 Å². The van der Waals surface area contributed by atoms with E-state index in [0.29, 0.717) is 6.04 Å². The van der Waals surface area contributed by atoms with Crippen LogP contribution in [-0.2, 0) is 6.54 Å². The van der Waals surface area contributed by atoms with Crippen LogP contribution in [-0.4, -0.2) is 41.2 Å². The predicted octanol–water partition coefficient (Wildman–Crippen LogP) is 1.86. The van der Waals surface area contributed by atoms with E-state index in [9.17, 15) is 0 Å². The Hall–Kier alpha value is -1.13. The summed E-state index contributed by atoms with van der Waals surface area (Å²) in [5.41, 5.74) is 1.10. The first-order valence-corrected chi connectivity index (χ1v) is 6.82. The molecule has 1 atom stereocenters. The van der Waals surface area contributed by atoms with Gasteiger partial charge in [-0.05, 0) is 37.9 Å². The van der Waals surface area contributed by atoms with Crippen LogP contribution in [0.2, 0.25) is 0 Å². The largest absolute Gasteiger partial charge is 0.396 e. The molecule has 0 spiro atoms. The van der Waals surface area contributed by atoms with E-state index in [4.69, 9.17) is 5.11 Å². The van der Waals surface area contributed by atoms with Crippen LogP contribution in [0.1, 0.15) is 31.4 Å². The molecule has 1 saturated heterocycles. The van der Waals surface area contributed by atoms with Crippen molar-refractivity contribution < 1.29 is 5.11 Å². The van der Waals surface area contributed by atoms with Gasteiger partial charge in [0.05, 0.1) is 5.69 Å². The van der Waals surface area contributed by atoms with E-state index >= 15 is 0 Å². The molecule has 0 aromatic carbocycles. The topological polar surface area (TPSA) is 48.4 Å². The van der Waals surface area contributed by atoms with E-state index in [1.165, 1.54) is 19.3 Å². The van der Waals surface area contributed by atoms with Crippen molar-refractivity contribution in [1.29, 1.82) is 0 Å². The molecule has 0 saturated carbocycles. The summed E-state index contributed by atoms with van der Waals surface area (Å²) in [4.78, 5) is 7.02. The first-order valence-electron chi connectivity index (χ1n) is 6.82. The molecule has 1 aromatic heterocycles. The van der Waals surface area contributed by atoms with Crippen molar-refractivity contribution in [3.63, 3.8) is 0 Å². The van der Waals surface area contributed by atoms with Gasteiger partial charge in [-0.1, -0.05) is 12.5 Å². The quantitative estimate of drug-likeness (QED) is 0.836. The molecule has 1 aliphatic heterocycles. The van der Waals surface area contributed by atoms with Gasteiger partial charge in [0.2, 0.25) is 0 Å². The summed E-state index contributed by atoms with van der Waals surface area (Å²) in [6.45, 7) is 2.29. The van der Waals surface area contributed by atoms with E-state index in [-0.39, 0.29) is 6.61 Å². The zero-order chi connectivity index (χ0) is 12.8. The van der Waals surface area contributed by atoms with E-state index < -0.39 is 0 Å². The van der Waals surface area contributed by atoms with E-state index in [0.717, 1.165) is 31.0 Å². The van der Waals surface area contributed by atoms with Gasteiger partial charge in [0.1, 0.15) is 5.82 Å². The number of likely N-dealkylation sites (tertiary alicyclic amines) is 1. The molecule has 1 aliphatic rings. The Kier molecular flexibility index (Phi) is 4.96. The summed E-state index contributed by atoms with van der Waals surface area (Å²) in [6.07, 6.45) is 4.62. The number of nitrogens with one attached hydrogen (secondary N) is 1. The highest BCUT2D eigenvalue weighted by atomic mass is 16.3. The Labute approximate surface area is 109 Å². The summed E-state index contributed by atoms with van der Waals surface area (Å²) < 4.78 is 0. The molecular weight excluding hydrogens is 226 g/mol. The van der Waals surface area contributed by atoms with Crippen molar-refractivity contribution in [3.05, 3.63) is 23.9 Å². The van der Waals surface area contributed by atoms with Crippen LogP contribution in [0.3, 0.4) is 0 Å². The van der Waals surface area contributed by atoms with E-state index in [2.05, 4.69) is 21.3 Å². The Morgan fingerprint density at radius 1 is 1.44 bits per heavy atom. The third kappa shape index (κ3) is 3.43. The van der Waals surface area contributed by atoms with Crippen LogP contribution in [0.4, 0.5) is 5.82 Å². The maximum atomic E-state index is 9.13. The number of hydrogen-bond acceptors (Lipinski definition) is 4. The standard InChI is InChI=1S/C14H23N3O/c1-15-14-7-4-5-12(16-14)11-17-9-3-2-6-13(17)8-10-18/h4-5,7,13,18H,2-3,6,8-11H2,1H3,(H,15,16). The molecule has 1 fully saturated rings. The minimum Gasteiger partial charge on any atom is -0.396 e. The summed E-state index contributed by atoms with van der Waals surface area (Å²) in [5.74, 6) is 0.920. The molecule has 100 valence electrons. The summed E-state index contributed by atoms with van der Waals surface area (Å²) in [7, 11) is 1.89. The Balaban J connectivity index is 2.01. The lowest BCUT2D eigenvalue weighted by molar-refractivity contribution is 0.111. The number of nitrogens with zero attached hydrogens (tertiary/aromatic N) is 2. The SMILES string of the molecule is CNc1cccc(CN2CCCCC2CCO)n1. The zero-order valence-corrected chi connectivity index (χ0v) is 11.1. The number of aliphatic hydroxyl groups excluding tert-OH is 1. The van der Waals surface area contributed by atoms with Gasteiger partial charge in [0.25, 0.3) is 0 Å². The number of aliphatic hydroxyl groups is 1. The fourth-order valence-electron chi connectivity index (χ4n) is 2.66. The van der Waals surface area contributed by atoms with Gasteiger partial charge in [0.15, 0.2) is 0 Å². The first kappa shape index (κ1) is 13.3. The Morgan fingerprint density at radius 3 is 3.11 bits per heavy atom. The average Bonchev–Trinajstić information content (AvgIpc) is 2.41. The molecule has 1 aromatic rings. The van der Waals surface area contributed by atoms with E-state index in [1.54, 1.807) is 0 Å². The fraction of sp³-hybridized carbons (Fsp3) is 0.643. The molecule has 0 aliphatic carbocycles. The van der Waals surface area contributed by atoms with Crippen molar-refractivity contribution in [1.82, 2.24) is 9.88 Å². The second-order valence-electron chi connectivity index (χ2n) is 4.90. The molecule has 0 radical (unpaired) electrons. The van der Waals surface area contributed by atoms with Gasteiger partial charge in [0, 0.05) is 26.2 Å². The monoisotopic (exact) mass is 249 g/mol. The lowest BCUT2D eigenvalue weighted by Crippen LogP contribution is -2.39. The molecule has 2 heterocycles. The van der Waals surface area contributed by atoms with Crippen LogP contribution in [0, 0.1) is 0 Å². The average molecular weight is 249 g/mol. The molecule has 4 heteroatoms. The van der Waals surface area contributed by atoms with Crippen LogP contribution in [0.15, 0.2) is 18.2 Å². The third-order valence-electron chi connectivity index (χ3n) is 3.64. The Morgan fingerprint density at radius 2 is 2.33 bits per heavy atom. The maximum Gasteiger partial charge on any atom is 0.126 e. The second kappa shape index (κ2) is 6.71. The molecule has 18 heavy (non-hydrogen) atoms. The minimum absolute atomic E-state index is 0.283. The van der Waals surface area contributed by atoms with Gasteiger partial charge in [-0.2, -0.15) is 0 Å². The first-order chi connectivity index (χ1) is 8.83. The number of hydrogen-bond donors (Lipinski definition) is 2. The van der Waals surface area contributed by atoms with Gasteiger partial charge in [-0.3, -0.25) is 4.90 Å². The van der Waals surface area contributed by atoms with Gasteiger partial charge in [-0.25, -0.2) is 4.98 Å². The third-order valence-corrected chi connectivity index (χ3v) is 3.64. The molecule has 0 amide bonds. The molecule has 4 nitrogen and oxygen atoms in total. The minimum atomic E-state index is 0.283. The summed E-state index contributed by atoms with van der Waals surface area (Å²) >= 11 is 0. The number of aromatic nitrogens is 1.